The van der Waals surface area contributed by atoms with Crippen molar-refractivity contribution >= 4 is 27.8 Å². The number of carboxylic acid groups (broad SMARTS) is 1. The van der Waals surface area contributed by atoms with E-state index in [0.29, 0.717) is 18.5 Å². The minimum Gasteiger partial charge on any atom is -0.480 e. The summed E-state index contributed by atoms with van der Waals surface area (Å²) in [4.78, 5) is 23.5. The molecule has 5 nitrogen and oxygen atoms in total. The second kappa shape index (κ2) is 5.36. The molecule has 1 saturated carbocycles. The number of carbonyl (C=O) groups excluding carboxylic acids is 1. The zero-order chi connectivity index (χ0) is 14.0. The summed E-state index contributed by atoms with van der Waals surface area (Å²) < 4.78 is 2.66. The van der Waals surface area contributed by atoms with E-state index >= 15 is 0 Å². The Morgan fingerprint density at radius 3 is 2.68 bits per heavy atom. The zero-order valence-electron chi connectivity index (χ0n) is 10.8. The third-order valence-corrected chi connectivity index (χ3v) is 3.96. The van der Waals surface area contributed by atoms with Crippen LogP contribution in [-0.4, -0.2) is 27.1 Å². The molecule has 0 spiro atoms. The number of carbonyl (C=O) groups is 2. The Hall–Kier alpha value is -1.30. The van der Waals surface area contributed by atoms with Crippen LogP contribution in [0.3, 0.4) is 0 Å². The Balaban J connectivity index is 2.18. The van der Waals surface area contributed by atoms with Gasteiger partial charge in [-0.15, -0.1) is 0 Å². The van der Waals surface area contributed by atoms with E-state index in [4.69, 9.17) is 0 Å². The highest BCUT2D eigenvalue weighted by Gasteiger charge is 2.46. The normalized spacial score (nSPS) is 16.7. The first-order chi connectivity index (χ1) is 8.98. The molecule has 1 heterocycles. The second-order valence-corrected chi connectivity index (χ2v) is 5.85. The molecule has 19 heavy (non-hydrogen) atoms. The van der Waals surface area contributed by atoms with Crippen LogP contribution in [0.2, 0.25) is 0 Å². The topological polar surface area (TPSA) is 71.3 Å². The second-order valence-electron chi connectivity index (χ2n) is 4.93. The SMILES string of the molecule is CCCn1cc(Br)cc1C(=O)NC1(C(=O)O)CCC1. The number of amides is 1. The van der Waals surface area contributed by atoms with Crippen LogP contribution >= 0.6 is 15.9 Å². The third-order valence-electron chi connectivity index (χ3n) is 3.53. The lowest BCUT2D eigenvalue weighted by atomic mass is 9.76. The van der Waals surface area contributed by atoms with E-state index < -0.39 is 11.5 Å². The number of aromatic nitrogens is 1. The number of rotatable bonds is 5. The van der Waals surface area contributed by atoms with E-state index in [9.17, 15) is 14.7 Å². The summed E-state index contributed by atoms with van der Waals surface area (Å²) in [5.41, 5.74) is -0.563. The molecule has 1 aliphatic carbocycles. The van der Waals surface area contributed by atoms with E-state index in [-0.39, 0.29) is 5.91 Å². The molecule has 0 bridgehead atoms. The van der Waals surface area contributed by atoms with Crippen LogP contribution in [0.5, 0.6) is 0 Å². The number of aliphatic carboxylic acids is 1. The molecule has 1 aliphatic rings. The summed E-state index contributed by atoms with van der Waals surface area (Å²) in [6.45, 7) is 2.76. The molecule has 2 rings (SSSR count). The van der Waals surface area contributed by atoms with Crippen molar-refractivity contribution in [2.75, 3.05) is 0 Å². The monoisotopic (exact) mass is 328 g/mol. The lowest BCUT2D eigenvalue weighted by Gasteiger charge is -2.38. The maximum absolute atomic E-state index is 12.3. The number of hydrogen-bond donors (Lipinski definition) is 2. The van der Waals surface area contributed by atoms with Crippen molar-refractivity contribution in [3.63, 3.8) is 0 Å². The molecule has 0 atom stereocenters. The summed E-state index contributed by atoms with van der Waals surface area (Å²) in [5.74, 6) is -1.26. The maximum Gasteiger partial charge on any atom is 0.329 e. The van der Waals surface area contributed by atoms with Crippen LogP contribution in [0.4, 0.5) is 0 Å². The largest absolute Gasteiger partial charge is 0.480 e. The van der Waals surface area contributed by atoms with Crippen molar-refractivity contribution in [3.8, 4) is 0 Å². The minimum atomic E-state index is -1.06. The number of aryl methyl sites for hydroxylation is 1. The first-order valence-corrected chi connectivity index (χ1v) is 7.19. The van der Waals surface area contributed by atoms with Gasteiger partial charge in [0.05, 0.1) is 0 Å². The predicted octanol–water partition coefficient (Wildman–Crippen LogP) is 2.40. The van der Waals surface area contributed by atoms with Crippen molar-refractivity contribution in [1.82, 2.24) is 9.88 Å². The van der Waals surface area contributed by atoms with Gasteiger partial charge in [0.1, 0.15) is 11.2 Å². The van der Waals surface area contributed by atoms with E-state index in [1.54, 1.807) is 6.07 Å². The molecule has 1 amide bonds. The Kier molecular flexibility index (Phi) is 3.99. The lowest BCUT2D eigenvalue weighted by molar-refractivity contribution is -0.148. The van der Waals surface area contributed by atoms with E-state index in [2.05, 4.69) is 21.2 Å². The molecule has 2 N–H and O–H groups in total. The van der Waals surface area contributed by atoms with Gasteiger partial charge in [0.2, 0.25) is 0 Å². The predicted molar refractivity (Wildman–Crippen MR) is 74.1 cm³/mol. The number of nitrogens with one attached hydrogen (secondary N) is 1. The van der Waals surface area contributed by atoms with Crippen molar-refractivity contribution < 1.29 is 14.7 Å². The molecule has 1 fully saturated rings. The van der Waals surface area contributed by atoms with Gasteiger partial charge in [-0.1, -0.05) is 6.92 Å². The summed E-state index contributed by atoms with van der Waals surface area (Å²) in [5, 5.41) is 11.9. The quantitative estimate of drug-likeness (QED) is 0.871. The fourth-order valence-corrected chi connectivity index (χ4v) is 2.76. The van der Waals surface area contributed by atoms with Crippen LogP contribution in [0.15, 0.2) is 16.7 Å². The smallest absolute Gasteiger partial charge is 0.329 e. The Morgan fingerprint density at radius 1 is 1.53 bits per heavy atom. The molecule has 0 saturated heterocycles. The zero-order valence-corrected chi connectivity index (χ0v) is 12.4. The molecule has 1 aromatic rings. The number of halogens is 1. The van der Waals surface area contributed by atoms with Gasteiger partial charge >= 0.3 is 5.97 Å². The van der Waals surface area contributed by atoms with Crippen LogP contribution in [-0.2, 0) is 11.3 Å². The maximum atomic E-state index is 12.3. The molecular weight excluding hydrogens is 312 g/mol. The standard InChI is InChI=1S/C13H17BrN2O3/c1-2-6-16-8-9(14)7-10(16)11(17)15-13(12(18)19)4-3-5-13/h7-8H,2-6H2,1H3,(H,15,17)(H,18,19). The highest BCUT2D eigenvalue weighted by atomic mass is 79.9. The summed E-state index contributed by atoms with van der Waals surface area (Å²) in [6.07, 6.45) is 4.60. The first-order valence-electron chi connectivity index (χ1n) is 6.40. The Morgan fingerprint density at radius 2 is 2.21 bits per heavy atom. The van der Waals surface area contributed by atoms with Crippen LogP contribution in [0.1, 0.15) is 43.1 Å². The molecule has 0 radical (unpaired) electrons. The van der Waals surface area contributed by atoms with E-state index in [1.807, 2.05) is 17.7 Å². The average molecular weight is 329 g/mol. The fourth-order valence-electron chi connectivity index (χ4n) is 2.30. The number of nitrogens with zero attached hydrogens (tertiary/aromatic N) is 1. The van der Waals surface area contributed by atoms with Gasteiger partial charge in [0.25, 0.3) is 5.91 Å². The highest BCUT2D eigenvalue weighted by molar-refractivity contribution is 9.10. The molecule has 0 aliphatic heterocycles. The highest BCUT2D eigenvalue weighted by Crippen LogP contribution is 2.32. The van der Waals surface area contributed by atoms with Crippen molar-refractivity contribution in [2.24, 2.45) is 0 Å². The fraction of sp³-hybridized carbons (Fsp3) is 0.538. The molecule has 1 aromatic heterocycles. The molecule has 0 aromatic carbocycles. The van der Waals surface area contributed by atoms with Gasteiger partial charge in [0.15, 0.2) is 0 Å². The van der Waals surface area contributed by atoms with Gasteiger partial charge in [0, 0.05) is 17.2 Å². The van der Waals surface area contributed by atoms with E-state index in [1.165, 1.54) is 0 Å². The number of hydrogen-bond acceptors (Lipinski definition) is 2. The van der Waals surface area contributed by atoms with Crippen molar-refractivity contribution in [1.29, 1.82) is 0 Å². The Bertz CT molecular complexity index is 506. The lowest BCUT2D eigenvalue weighted by Crippen LogP contribution is -2.59. The minimum absolute atomic E-state index is 0.318. The van der Waals surface area contributed by atoms with Gasteiger partial charge in [-0.3, -0.25) is 4.79 Å². The van der Waals surface area contributed by atoms with Gasteiger partial charge < -0.3 is 15.0 Å². The van der Waals surface area contributed by atoms with Gasteiger partial charge in [-0.2, -0.15) is 0 Å². The summed E-state index contributed by atoms with van der Waals surface area (Å²) in [6, 6.07) is 1.72. The first kappa shape index (κ1) is 14.1. The molecular formula is C13H17BrN2O3. The Labute approximate surface area is 120 Å². The number of carboxylic acids is 1. The van der Waals surface area contributed by atoms with E-state index in [0.717, 1.165) is 23.9 Å². The molecule has 6 heteroatoms. The van der Waals surface area contributed by atoms with Crippen LogP contribution in [0.25, 0.3) is 0 Å². The van der Waals surface area contributed by atoms with Crippen LogP contribution < -0.4 is 5.32 Å². The van der Waals surface area contributed by atoms with Gasteiger partial charge in [-0.25, -0.2) is 4.79 Å². The van der Waals surface area contributed by atoms with Crippen molar-refractivity contribution in [3.05, 3.63) is 22.4 Å². The molecule has 0 unspecified atom stereocenters. The third kappa shape index (κ3) is 2.68. The van der Waals surface area contributed by atoms with Gasteiger partial charge in [-0.05, 0) is 47.7 Å². The van der Waals surface area contributed by atoms with Crippen LogP contribution in [0, 0.1) is 0 Å². The summed E-state index contributed by atoms with van der Waals surface area (Å²) in [7, 11) is 0. The average Bonchev–Trinajstić information content (AvgIpc) is 2.64. The summed E-state index contributed by atoms with van der Waals surface area (Å²) >= 11 is 3.34. The molecule has 104 valence electrons. The van der Waals surface area contributed by atoms with Crippen molar-refractivity contribution in [2.45, 2.75) is 44.7 Å².